The van der Waals surface area contributed by atoms with Crippen LogP contribution < -0.4 is 5.32 Å². The lowest BCUT2D eigenvalue weighted by Gasteiger charge is -2.26. The SMILES string of the molecule is CCC(c1ccccc1)C(NC)c1ccc(C(C)(C)C)s1. The highest BCUT2D eigenvalue weighted by Crippen LogP contribution is 2.39. The molecule has 2 atom stereocenters. The molecule has 1 heterocycles. The van der Waals surface area contributed by atoms with Crippen molar-refractivity contribution in [2.75, 3.05) is 7.05 Å². The van der Waals surface area contributed by atoms with Gasteiger partial charge in [0.05, 0.1) is 0 Å². The van der Waals surface area contributed by atoms with Gasteiger partial charge in [-0.15, -0.1) is 11.3 Å². The Morgan fingerprint density at radius 2 is 1.71 bits per heavy atom. The van der Waals surface area contributed by atoms with Crippen molar-refractivity contribution in [3.8, 4) is 0 Å². The number of thiophene rings is 1. The summed E-state index contributed by atoms with van der Waals surface area (Å²) in [6.45, 7) is 9.13. The van der Waals surface area contributed by atoms with Gasteiger partial charge >= 0.3 is 0 Å². The molecule has 1 aromatic carbocycles. The van der Waals surface area contributed by atoms with E-state index in [-0.39, 0.29) is 5.41 Å². The Labute approximate surface area is 133 Å². The average Bonchev–Trinajstić information content (AvgIpc) is 2.95. The normalized spacial score (nSPS) is 14.9. The monoisotopic (exact) mass is 301 g/mol. The lowest BCUT2D eigenvalue weighted by atomic mass is 9.88. The third-order valence-electron chi connectivity index (χ3n) is 4.05. The van der Waals surface area contributed by atoms with Crippen molar-refractivity contribution in [3.05, 3.63) is 57.8 Å². The highest BCUT2D eigenvalue weighted by atomic mass is 32.1. The maximum atomic E-state index is 3.54. The fourth-order valence-electron chi connectivity index (χ4n) is 2.83. The van der Waals surface area contributed by atoms with Gasteiger partial charge in [0.2, 0.25) is 0 Å². The van der Waals surface area contributed by atoms with Crippen molar-refractivity contribution in [1.29, 1.82) is 0 Å². The zero-order valence-electron chi connectivity index (χ0n) is 13.8. The van der Waals surface area contributed by atoms with Gasteiger partial charge in [-0.25, -0.2) is 0 Å². The molecule has 0 aliphatic heterocycles. The molecule has 2 heteroatoms. The molecule has 0 radical (unpaired) electrons. The van der Waals surface area contributed by atoms with Gasteiger partial charge in [-0.1, -0.05) is 58.0 Å². The summed E-state index contributed by atoms with van der Waals surface area (Å²) >= 11 is 1.95. The third kappa shape index (κ3) is 3.75. The summed E-state index contributed by atoms with van der Waals surface area (Å²) in [4.78, 5) is 2.90. The van der Waals surface area contributed by atoms with Crippen molar-refractivity contribution in [1.82, 2.24) is 5.32 Å². The van der Waals surface area contributed by atoms with E-state index in [1.54, 1.807) is 0 Å². The van der Waals surface area contributed by atoms with Crippen molar-refractivity contribution >= 4 is 11.3 Å². The first-order chi connectivity index (χ1) is 9.97. The van der Waals surface area contributed by atoms with E-state index in [4.69, 9.17) is 0 Å². The second-order valence-electron chi connectivity index (χ2n) is 6.64. The molecule has 0 spiro atoms. The summed E-state index contributed by atoms with van der Waals surface area (Å²) in [5.41, 5.74) is 1.65. The lowest BCUT2D eigenvalue weighted by molar-refractivity contribution is 0.474. The molecule has 1 nitrogen and oxygen atoms in total. The van der Waals surface area contributed by atoms with Gasteiger partial charge in [0, 0.05) is 21.7 Å². The van der Waals surface area contributed by atoms with E-state index in [1.807, 2.05) is 11.3 Å². The molecule has 2 unspecified atom stereocenters. The number of likely N-dealkylation sites (N-methyl/N-ethyl adjacent to an activating group) is 1. The maximum absolute atomic E-state index is 3.54. The van der Waals surface area contributed by atoms with E-state index in [0.29, 0.717) is 12.0 Å². The van der Waals surface area contributed by atoms with E-state index < -0.39 is 0 Å². The Bertz CT molecular complexity index is 550. The Balaban J connectivity index is 2.32. The first kappa shape index (κ1) is 16.3. The van der Waals surface area contributed by atoms with Gasteiger partial charge in [0.15, 0.2) is 0 Å². The summed E-state index contributed by atoms with van der Waals surface area (Å²) < 4.78 is 0. The molecular formula is C19H27NS. The number of benzene rings is 1. The van der Waals surface area contributed by atoms with Crippen LogP contribution in [-0.4, -0.2) is 7.05 Å². The average molecular weight is 301 g/mol. The van der Waals surface area contributed by atoms with Gasteiger partial charge in [-0.3, -0.25) is 0 Å². The molecule has 2 rings (SSSR count). The summed E-state index contributed by atoms with van der Waals surface area (Å²) in [5.74, 6) is 0.516. The van der Waals surface area contributed by atoms with Crippen molar-refractivity contribution < 1.29 is 0 Å². The predicted octanol–water partition coefficient (Wildman–Crippen LogP) is 5.50. The molecule has 114 valence electrons. The summed E-state index contributed by atoms with van der Waals surface area (Å²) in [6.07, 6.45) is 1.14. The van der Waals surface area contributed by atoms with Crippen molar-refractivity contribution in [3.63, 3.8) is 0 Å². The van der Waals surface area contributed by atoms with Crippen molar-refractivity contribution in [2.24, 2.45) is 0 Å². The van der Waals surface area contributed by atoms with E-state index in [2.05, 4.69) is 82.5 Å². The smallest absolute Gasteiger partial charge is 0.0481 e. The van der Waals surface area contributed by atoms with Gasteiger partial charge in [-0.05, 0) is 36.6 Å². The largest absolute Gasteiger partial charge is 0.312 e. The minimum Gasteiger partial charge on any atom is -0.312 e. The number of hydrogen-bond donors (Lipinski definition) is 1. The van der Waals surface area contributed by atoms with Crippen LogP contribution in [-0.2, 0) is 5.41 Å². The van der Waals surface area contributed by atoms with Crippen LogP contribution in [0, 0.1) is 0 Å². The molecule has 0 fully saturated rings. The number of nitrogens with one attached hydrogen (secondary N) is 1. The Morgan fingerprint density at radius 3 is 2.19 bits per heavy atom. The molecule has 2 aromatic rings. The maximum Gasteiger partial charge on any atom is 0.0481 e. The van der Waals surface area contributed by atoms with E-state index in [9.17, 15) is 0 Å². The van der Waals surface area contributed by atoms with E-state index in [1.165, 1.54) is 15.3 Å². The molecule has 1 aromatic heterocycles. The minimum absolute atomic E-state index is 0.232. The molecule has 0 amide bonds. The number of hydrogen-bond acceptors (Lipinski definition) is 2. The van der Waals surface area contributed by atoms with Crippen LogP contribution in [0.2, 0.25) is 0 Å². The van der Waals surface area contributed by atoms with Crippen LogP contribution in [0.5, 0.6) is 0 Å². The fraction of sp³-hybridized carbons (Fsp3) is 0.474. The third-order valence-corrected chi connectivity index (χ3v) is 5.65. The van der Waals surface area contributed by atoms with E-state index >= 15 is 0 Å². The highest BCUT2D eigenvalue weighted by molar-refractivity contribution is 7.12. The number of rotatable bonds is 5. The molecule has 0 saturated carbocycles. The fourth-order valence-corrected chi connectivity index (χ4v) is 4.07. The summed E-state index contributed by atoms with van der Waals surface area (Å²) in [6, 6.07) is 15.8. The summed E-state index contributed by atoms with van der Waals surface area (Å²) in [5, 5.41) is 3.54. The molecule has 0 aliphatic carbocycles. The standard InChI is InChI=1S/C19H27NS/c1-6-15(14-10-8-7-9-11-14)18(20-5)16-12-13-17(21-16)19(2,3)4/h7-13,15,18,20H,6H2,1-5H3. The van der Waals surface area contributed by atoms with Crippen LogP contribution in [0.4, 0.5) is 0 Å². The predicted molar refractivity (Wildman–Crippen MR) is 94.3 cm³/mol. The lowest BCUT2D eigenvalue weighted by Crippen LogP contribution is -2.22. The van der Waals surface area contributed by atoms with Crippen LogP contribution >= 0.6 is 11.3 Å². The first-order valence-corrected chi connectivity index (χ1v) is 8.61. The van der Waals surface area contributed by atoms with Gasteiger partial charge < -0.3 is 5.32 Å². The second kappa shape index (κ2) is 6.76. The molecule has 0 bridgehead atoms. The molecule has 0 saturated heterocycles. The quantitative estimate of drug-likeness (QED) is 0.769. The zero-order chi connectivity index (χ0) is 15.5. The topological polar surface area (TPSA) is 12.0 Å². The Morgan fingerprint density at radius 1 is 1.05 bits per heavy atom. The second-order valence-corrected chi connectivity index (χ2v) is 7.76. The zero-order valence-corrected chi connectivity index (χ0v) is 14.6. The van der Waals surface area contributed by atoms with Crippen molar-refractivity contribution in [2.45, 2.75) is 51.5 Å². The Kier molecular flexibility index (Phi) is 5.23. The van der Waals surface area contributed by atoms with Crippen LogP contribution in [0.15, 0.2) is 42.5 Å². The van der Waals surface area contributed by atoms with Crippen LogP contribution in [0.1, 0.15) is 61.4 Å². The molecule has 1 N–H and O–H groups in total. The van der Waals surface area contributed by atoms with Crippen LogP contribution in [0.25, 0.3) is 0 Å². The van der Waals surface area contributed by atoms with Gasteiger partial charge in [0.25, 0.3) is 0 Å². The Hall–Kier alpha value is -1.12. The highest BCUT2D eigenvalue weighted by Gasteiger charge is 2.25. The van der Waals surface area contributed by atoms with E-state index in [0.717, 1.165) is 6.42 Å². The van der Waals surface area contributed by atoms with Gasteiger partial charge in [0.1, 0.15) is 0 Å². The molecule has 21 heavy (non-hydrogen) atoms. The molecular weight excluding hydrogens is 274 g/mol. The molecule has 0 aliphatic rings. The van der Waals surface area contributed by atoms with Crippen LogP contribution in [0.3, 0.4) is 0 Å². The first-order valence-electron chi connectivity index (χ1n) is 7.79. The van der Waals surface area contributed by atoms with Gasteiger partial charge in [-0.2, -0.15) is 0 Å². The summed E-state index contributed by atoms with van der Waals surface area (Å²) in [7, 11) is 2.08. The minimum atomic E-state index is 0.232.